The third-order valence-electron chi connectivity index (χ3n) is 4.25. The number of anilines is 1. The molecule has 0 spiro atoms. The van der Waals surface area contributed by atoms with Crippen molar-refractivity contribution in [2.24, 2.45) is 0 Å². The van der Waals surface area contributed by atoms with Crippen molar-refractivity contribution in [3.05, 3.63) is 70.0 Å². The van der Waals surface area contributed by atoms with Crippen LogP contribution in [0.25, 0.3) is 5.69 Å². The molecule has 2 aromatic carbocycles. The predicted octanol–water partition coefficient (Wildman–Crippen LogP) is 4.34. The lowest BCUT2D eigenvalue weighted by atomic mass is 10.2. The van der Waals surface area contributed by atoms with Crippen LogP contribution in [-0.4, -0.2) is 22.3 Å². The Morgan fingerprint density at radius 3 is 2.57 bits per heavy atom. The van der Waals surface area contributed by atoms with Gasteiger partial charge in [-0.05, 0) is 51.1 Å². The van der Waals surface area contributed by atoms with E-state index in [4.69, 9.17) is 21.6 Å². The Morgan fingerprint density at radius 2 is 1.93 bits per heavy atom. The molecular formula is C21H19ClN4O2. The highest BCUT2D eigenvalue weighted by Crippen LogP contribution is 2.26. The number of ether oxygens (including phenoxy) is 1. The molecule has 0 fully saturated rings. The zero-order valence-corrected chi connectivity index (χ0v) is 16.5. The minimum Gasteiger partial charge on any atom is -0.482 e. The fourth-order valence-corrected chi connectivity index (χ4v) is 3.00. The number of nitrogens with one attached hydrogen (secondary N) is 1. The van der Waals surface area contributed by atoms with E-state index in [1.807, 2.05) is 51.1 Å². The number of hydrogen-bond donors (Lipinski definition) is 1. The highest BCUT2D eigenvalue weighted by Gasteiger charge is 2.16. The second-order valence-electron chi connectivity index (χ2n) is 6.39. The smallest absolute Gasteiger partial charge is 0.262 e. The van der Waals surface area contributed by atoms with Crippen molar-refractivity contribution in [1.82, 2.24) is 9.78 Å². The third-order valence-corrected chi connectivity index (χ3v) is 4.55. The average Bonchev–Trinajstić information content (AvgIpc) is 2.95. The van der Waals surface area contributed by atoms with E-state index in [1.54, 1.807) is 16.8 Å². The number of carbonyl (C=O) groups excluding carboxylic acids is 1. The van der Waals surface area contributed by atoms with Crippen molar-refractivity contribution in [2.45, 2.75) is 20.8 Å². The van der Waals surface area contributed by atoms with Crippen LogP contribution >= 0.6 is 11.6 Å². The van der Waals surface area contributed by atoms with Crippen LogP contribution in [0.15, 0.2) is 42.5 Å². The molecule has 142 valence electrons. The molecule has 7 heteroatoms. The SMILES string of the molecule is Cc1ccc(-n2nc(C)c(NC(=O)COc3ccc(C#N)cc3Cl)c2C)cc1. The molecule has 1 N–H and O–H groups in total. The van der Waals surface area contributed by atoms with E-state index < -0.39 is 0 Å². The maximum Gasteiger partial charge on any atom is 0.262 e. The van der Waals surface area contributed by atoms with Gasteiger partial charge in [0.05, 0.1) is 39.4 Å². The van der Waals surface area contributed by atoms with E-state index in [-0.39, 0.29) is 17.5 Å². The fourth-order valence-electron chi connectivity index (χ4n) is 2.77. The average molecular weight is 395 g/mol. The summed E-state index contributed by atoms with van der Waals surface area (Å²) in [4.78, 5) is 12.3. The first-order chi connectivity index (χ1) is 13.4. The number of aromatic nitrogens is 2. The van der Waals surface area contributed by atoms with Crippen molar-refractivity contribution in [2.75, 3.05) is 11.9 Å². The van der Waals surface area contributed by atoms with Crippen molar-refractivity contribution in [3.63, 3.8) is 0 Å². The van der Waals surface area contributed by atoms with Crippen LogP contribution in [0.3, 0.4) is 0 Å². The highest BCUT2D eigenvalue weighted by atomic mass is 35.5. The zero-order valence-electron chi connectivity index (χ0n) is 15.8. The van der Waals surface area contributed by atoms with Gasteiger partial charge in [-0.15, -0.1) is 0 Å². The first-order valence-corrected chi connectivity index (χ1v) is 9.02. The van der Waals surface area contributed by atoms with Crippen molar-refractivity contribution >= 4 is 23.2 Å². The Kier molecular flexibility index (Phi) is 5.67. The summed E-state index contributed by atoms with van der Waals surface area (Å²) in [7, 11) is 0. The predicted molar refractivity (Wildman–Crippen MR) is 108 cm³/mol. The van der Waals surface area contributed by atoms with E-state index in [2.05, 4.69) is 10.4 Å². The Labute approximate surface area is 168 Å². The molecule has 1 amide bonds. The van der Waals surface area contributed by atoms with Crippen LogP contribution in [-0.2, 0) is 4.79 Å². The van der Waals surface area contributed by atoms with Crippen LogP contribution in [0.2, 0.25) is 5.02 Å². The second kappa shape index (κ2) is 8.15. The summed E-state index contributed by atoms with van der Waals surface area (Å²) in [6.45, 7) is 5.55. The molecule has 3 rings (SSSR count). The summed E-state index contributed by atoms with van der Waals surface area (Å²) in [5.41, 5.74) is 4.70. The summed E-state index contributed by atoms with van der Waals surface area (Å²) < 4.78 is 7.27. The molecule has 0 saturated heterocycles. The largest absolute Gasteiger partial charge is 0.482 e. The fraction of sp³-hybridized carbons (Fsp3) is 0.190. The Morgan fingerprint density at radius 1 is 1.21 bits per heavy atom. The molecule has 0 bridgehead atoms. The van der Waals surface area contributed by atoms with Gasteiger partial charge in [0.1, 0.15) is 5.75 Å². The molecule has 0 aliphatic carbocycles. The van der Waals surface area contributed by atoms with Gasteiger partial charge in [0.25, 0.3) is 5.91 Å². The molecule has 6 nitrogen and oxygen atoms in total. The maximum absolute atomic E-state index is 12.3. The molecule has 1 aromatic heterocycles. The Hall–Kier alpha value is -3.30. The molecular weight excluding hydrogens is 376 g/mol. The first-order valence-electron chi connectivity index (χ1n) is 8.64. The quantitative estimate of drug-likeness (QED) is 0.698. The first kappa shape index (κ1) is 19.5. The summed E-state index contributed by atoms with van der Waals surface area (Å²) in [6.07, 6.45) is 0. The number of nitrogens with zero attached hydrogens (tertiary/aromatic N) is 3. The number of hydrogen-bond acceptors (Lipinski definition) is 4. The van der Waals surface area contributed by atoms with Crippen molar-refractivity contribution in [3.8, 4) is 17.5 Å². The van der Waals surface area contributed by atoms with Crippen LogP contribution in [0.1, 0.15) is 22.5 Å². The molecule has 0 unspecified atom stereocenters. The second-order valence-corrected chi connectivity index (χ2v) is 6.79. The number of amides is 1. The number of aryl methyl sites for hydroxylation is 2. The lowest BCUT2D eigenvalue weighted by Crippen LogP contribution is -2.21. The van der Waals surface area contributed by atoms with Crippen LogP contribution in [0, 0.1) is 32.1 Å². The third kappa shape index (κ3) is 4.16. The molecule has 0 aliphatic heterocycles. The van der Waals surface area contributed by atoms with Crippen LogP contribution in [0.5, 0.6) is 5.75 Å². The minimum absolute atomic E-state index is 0.208. The van der Waals surface area contributed by atoms with Gasteiger partial charge in [-0.2, -0.15) is 10.4 Å². The highest BCUT2D eigenvalue weighted by molar-refractivity contribution is 6.32. The summed E-state index contributed by atoms with van der Waals surface area (Å²) in [5, 5.41) is 16.5. The van der Waals surface area contributed by atoms with Gasteiger partial charge in [-0.25, -0.2) is 4.68 Å². The summed E-state index contributed by atoms with van der Waals surface area (Å²) >= 11 is 6.06. The van der Waals surface area contributed by atoms with Crippen molar-refractivity contribution in [1.29, 1.82) is 5.26 Å². The van der Waals surface area contributed by atoms with E-state index in [1.165, 1.54) is 6.07 Å². The van der Waals surface area contributed by atoms with Crippen LogP contribution in [0.4, 0.5) is 5.69 Å². The monoisotopic (exact) mass is 394 g/mol. The van der Waals surface area contributed by atoms with Gasteiger partial charge in [0.15, 0.2) is 6.61 Å². The Balaban J connectivity index is 1.71. The number of carbonyl (C=O) groups is 1. The zero-order chi connectivity index (χ0) is 20.3. The Bertz CT molecular complexity index is 1070. The topological polar surface area (TPSA) is 79.9 Å². The normalized spacial score (nSPS) is 10.4. The number of halogens is 1. The lowest BCUT2D eigenvalue weighted by Gasteiger charge is -2.10. The van der Waals surface area contributed by atoms with Gasteiger partial charge >= 0.3 is 0 Å². The van der Waals surface area contributed by atoms with Gasteiger partial charge in [0, 0.05) is 0 Å². The van der Waals surface area contributed by atoms with Gasteiger partial charge in [-0.1, -0.05) is 29.3 Å². The van der Waals surface area contributed by atoms with E-state index >= 15 is 0 Å². The minimum atomic E-state index is -0.324. The van der Waals surface area contributed by atoms with Gasteiger partial charge in [0.2, 0.25) is 0 Å². The molecule has 0 atom stereocenters. The van der Waals surface area contributed by atoms with E-state index in [9.17, 15) is 4.79 Å². The molecule has 0 aliphatic rings. The summed E-state index contributed by atoms with van der Waals surface area (Å²) in [5.74, 6) is 0.0229. The lowest BCUT2D eigenvalue weighted by molar-refractivity contribution is -0.118. The van der Waals surface area contributed by atoms with Crippen molar-refractivity contribution < 1.29 is 9.53 Å². The molecule has 0 radical (unpaired) electrons. The molecule has 28 heavy (non-hydrogen) atoms. The van der Waals surface area contributed by atoms with E-state index in [0.29, 0.717) is 22.7 Å². The summed E-state index contributed by atoms with van der Waals surface area (Å²) in [6, 6.07) is 14.6. The van der Waals surface area contributed by atoms with Gasteiger partial charge < -0.3 is 10.1 Å². The van der Waals surface area contributed by atoms with E-state index in [0.717, 1.165) is 16.9 Å². The number of nitriles is 1. The van der Waals surface area contributed by atoms with Gasteiger partial charge in [-0.3, -0.25) is 4.79 Å². The number of rotatable bonds is 5. The molecule has 1 heterocycles. The van der Waals surface area contributed by atoms with Crippen LogP contribution < -0.4 is 10.1 Å². The standard InChI is InChI=1S/C21H19ClN4O2/c1-13-4-7-17(8-5-13)26-15(3)21(14(2)25-26)24-20(27)12-28-19-9-6-16(11-23)10-18(19)22/h4-10H,12H2,1-3H3,(H,24,27). The maximum atomic E-state index is 12.3. The number of benzene rings is 2. The molecule has 3 aromatic rings. The molecule has 0 saturated carbocycles.